The van der Waals surface area contributed by atoms with Crippen LogP contribution in [0, 0.1) is 5.92 Å². The third kappa shape index (κ3) is 2.16. The SMILES string of the molecule is O=C(NCC1CCCS1)C1CC1. The van der Waals surface area contributed by atoms with Crippen LogP contribution in [0.1, 0.15) is 25.7 Å². The molecular weight excluding hydrogens is 170 g/mol. The Labute approximate surface area is 77.5 Å². The summed E-state index contributed by atoms with van der Waals surface area (Å²) < 4.78 is 0. The van der Waals surface area contributed by atoms with Gasteiger partial charge in [-0.2, -0.15) is 11.8 Å². The maximum Gasteiger partial charge on any atom is 0.223 e. The predicted molar refractivity (Wildman–Crippen MR) is 51.2 cm³/mol. The molecule has 12 heavy (non-hydrogen) atoms. The Balaban J connectivity index is 1.63. The highest BCUT2D eigenvalue weighted by atomic mass is 32.2. The largest absolute Gasteiger partial charge is 0.355 e. The van der Waals surface area contributed by atoms with Crippen molar-refractivity contribution in [3.63, 3.8) is 0 Å². The van der Waals surface area contributed by atoms with Crippen LogP contribution in [0.2, 0.25) is 0 Å². The number of carbonyl (C=O) groups is 1. The second-order valence-corrected chi connectivity index (χ2v) is 5.06. The summed E-state index contributed by atoms with van der Waals surface area (Å²) >= 11 is 2.00. The van der Waals surface area contributed by atoms with Crippen LogP contribution in [0.25, 0.3) is 0 Å². The summed E-state index contributed by atoms with van der Waals surface area (Å²) in [6, 6.07) is 0. The van der Waals surface area contributed by atoms with Crippen LogP contribution >= 0.6 is 11.8 Å². The first-order chi connectivity index (χ1) is 5.86. The number of amides is 1. The van der Waals surface area contributed by atoms with Crippen molar-refractivity contribution in [1.29, 1.82) is 0 Å². The van der Waals surface area contributed by atoms with Gasteiger partial charge in [-0.25, -0.2) is 0 Å². The minimum atomic E-state index is 0.294. The second kappa shape index (κ2) is 3.69. The topological polar surface area (TPSA) is 29.1 Å². The van der Waals surface area contributed by atoms with Gasteiger partial charge >= 0.3 is 0 Å². The zero-order valence-corrected chi connectivity index (χ0v) is 8.03. The van der Waals surface area contributed by atoms with Crippen molar-refractivity contribution in [1.82, 2.24) is 5.32 Å². The molecule has 1 aliphatic heterocycles. The second-order valence-electron chi connectivity index (χ2n) is 3.65. The minimum Gasteiger partial charge on any atom is -0.355 e. The van der Waals surface area contributed by atoms with Crippen molar-refractivity contribution in [2.45, 2.75) is 30.9 Å². The number of hydrogen-bond acceptors (Lipinski definition) is 2. The van der Waals surface area contributed by atoms with E-state index in [-0.39, 0.29) is 0 Å². The highest BCUT2D eigenvalue weighted by Gasteiger charge is 2.29. The monoisotopic (exact) mass is 185 g/mol. The van der Waals surface area contributed by atoms with Gasteiger partial charge in [0.1, 0.15) is 0 Å². The molecule has 1 saturated carbocycles. The van der Waals surface area contributed by atoms with Gasteiger partial charge in [0, 0.05) is 17.7 Å². The summed E-state index contributed by atoms with van der Waals surface area (Å²) in [7, 11) is 0. The fourth-order valence-electron chi connectivity index (χ4n) is 1.51. The lowest BCUT2D eigenvalue weighted by Crippen LogP contribution is -2.30. The lowest BCUT2D eigenvalue weighted by atomic mass is 10.2. The fraction of sp³-hybridized carbons (Fsp3) is 0.889. The normalized spacial score (nSPS) is 28.8. The quantitative estimate of drug-likeness (QED) is 0.720. The molecule has 1 aliphatic carbocycles. The molecule has 1 atom stereocenters. The van der Waals surface area contributed by atoms with Crippen molar-refractivity contribution in [2.24, 2.45) is 5.92 Å². The summed E-state index contributed by atoms with van der Waals surface area (Å²) in [5.41, 5.74) is 0. The molecule has 0 aromatic heterocycles. The number of carbonyl (C=O) groups excluding carboxylic acids is 1. The molecule has 2 nitrogen and oxygen atoms in total. The smallest absolute Gasteiger partial charge is 0.223 e. The van der Waals surface area contributed by atoms with Crippen molar-refractivity contribution in [3.8, 4) is 0 Å². The van der Waals surface area contributed by atoms with E-state index in [1.807, 2.05) is 11.8 Å². The Hall–Kier alpha value is -0.180. The van der Waals surface area contributed by atoms with Crippen molar-refractivity contribution < 1.29 is 4.79 Å². The molecule has 1 amide bonds. The van der Waals surface area contributed by atoms with Crippen LogP contribution in [-0.2, 0) is 4.79 Å². The molecule has 2 fully saturated rings. The van der Waals surface area contributed by atoms with E-state index in [1.165, 1.54) is 18.6 Å². The highest BCUT2D eigenvalue weighted by molar-refractivity contribution is 8.00. The Bertz CT molecular complexity index is 173. The standard InChI is InChI=1S/C9H15NOS/c11-9(7-3-4-7)10-6-8-2-1-5-12-8/h7-8H,1-6H2,(H,10,11). The molecule has 0 bridgehead atoms. The molecule has 68 valence electrons. The average molecular weight is 185 g/mol. The van der Waals surface area contributed by atoms with E-state index in [0.717, 1.165) is 19.4 Å². The summed E-state index contributed by atoms with van der Waals surface area (Å²) in [6.45, 7) is 0.903. The average Bonchev–Trinajstić information content (AvgIpc) is 2.80. The summed E-state index contributed by atoms with van der Waals surface area (Å²) in [4.78, 5) is 11.2. The summed E-state index contributed by atoms with van der Waals surface area (Å²) in [5.74, 6) is 1.95. The van der Waals surface area contributed by atoms with Crippen LogP contribution < -0.4 is 5.32 Å². The molecule has 2 aliphatic rings. The van der Waals surface area contributed by atoms with E-state index in [9.17, 15) is 4.79 Å². The Kier molecular flexibility index (Phi) is 2.59. The zero-order chi connectivity index (χ0) is 8.39. The molecule has 0 spiro atoms. The fourth-order valence-corrected chi connectivity index (χ4v) is 2.71. The van der Waals surface area contributed by atoms with E-state index >= 15 is 0 Å². The van der Waals surface area contributed by atoms with Gasteiger partial charge in [0.15, 0.2) is 0 Å². The molecule has 1 unspecified atom stereocenters. The Morgan fingerprint density at radius 2 is 2.25 bits per heavy atom. The first-order valence-electron chi connectivity index (χ1n) is 4.75. The first-order valence-corrected chi connectivity index (χ1v) is 5.80. The van der Waals surface area contributed by atoms with E-state index in [1.54, 1.807) is 0 Å². The molecule has 0 radical (unpaired) electrons. The maximum atomic E-state index is 11.2. The van der Waals surface area contributed by atoms with Gasteiger partial charge in [0.05, 0.1) is 0 Å². The molecule has 3 heteroatoms. The minimum absolute atomic E-state index is 0.294. The van der Waals surface area contributed by atoms with Crippen LogP contribution in [0.5, 0.6) is 0 Å². The first kappa shape index (κ1) is 8.42. The van der Waals surface area contributed by atoms with Crippen molar-refractivity contribution in [2.75, 3.05) is 12.3 Å². The molecule has 2 rings (SSSR count). The molecule has 1 N–H and O–H groups in total. The van der Waals surface area contributed by atoms with E-state index in [4.69, 9.17) is 0 Å². The van der Waals surface area contributed by atoms with Gasteiger partial charge in [0.2, 0.25) is 5.91 Å². The van der Waals surface area contributed by atoms with Crippen LogP contribution in [0.3, 0.4) is 0 Å². The maximum absolute atomic E-state index is 11.2. The molecular formula is C9H15NOS. The van der Waals surface area contributed by atoms with Crippen LogP contribution in [-0.4, -0.2) is 23.5 Å². The highest BCUT2D eigenvalue weighted by Crippen LogP contribution is 2.29. The predicted octanol–water partition coefficient (Wildman–Crippen LogP) is 1.41. The van der Waals surface area contributed by atoms with Gasteiger partial charge in [-0.1, -0.05) is 0 Å². The van der Waals surface area contributed by atoms with Crippen molar-refractivity contribution >= 4 is 17.7 Å². The third-order valence-electron chi connectivity index (χ3n) is 2.48. The van der Waals surface area contributed by atoms with Gasteiger partial charge in [-0.05, 0) is 31.4 Å². The lowest BCUT2D eigenvalue weighted by molar-refractivity contribution is -0.122. The number of hydrogen-bond donors (Lipinski definition) is 1. The zero-order valence-electron chi connectivity index (χ0n) is 7.21. The Morgan fingerprint density at radius 3 is 2.83 bits per heavy atom. The Morgan fingerprint density at radius 1 is 1.42 bits per heavy atom. The van der Waals surface area contributed by atoms with E-state index in [0.29, 0.717) is 17.1 Å². The van der Waals surface area contributed by atoms with Crippen LogP contribution in [0.15, 0.2) is 0 Å². The lowest BCUT2D eigenvalue weighted by Gasteiger charge is -2.09. The molecule has 1 heterocycles. The van der Waals surface area contributed by atoms with Gasteiger partial charge < -0.3 is 5.32 Å². The molecule has 0 aromatic carbocycles. The van der Waals surface area contributed by atoms with E-state index in [2.05, 4.69) is 5.32 Å². The number of nitrogens with one attached hydrogen (secondary N) is 1. The number of rotatable bonds is 3. The van der Waals surface area contributed by atoms with Crippen molar-refractivity contribution in [3.05, 3.63) is 0 Å². The summed E-state index contributed by atoms with van der Waals surface area (Å²) in [5, 5.41) is 3.73. The van der Waals surface area contributed by atoms with E-state index < -0.39 is 0 Å². The van der Waals surface area contributed by atoms with Gasteiger partial charge in [-0.15, -0.1) is 0 Å². The molecule has 1 saturated heterocycles. The number of thioether (sulfide) groups is 1. The van der Waals surface area contributed by atoms with Gasteiger partial charge in [-0.3, -0.25) is 4.79 Å². The van der Waals surface area contributed by atoms with Gasteiger partial charge in [0.25, 0.3) is 0 Å². The third-order valence-corrected chi connectivity index (χ3v) is 3.87. The molecule has 0 aromatic rings. The summed E-state index contributed by atoms with van der Waals surface area (Å²) in [6.07, 6.45) is 4.84. The van der Waals surface area contributed by atoms with Crippen LogP contribution in [0.4, 0.5) is 0 Å².